The van der Waals surface area contributed by atoms with Crippen LogP contribution in [0.3, 0.4) is 0 Å². The Kier molecular flexibility index (Phi) is 3.42. The van der Waals surface area contributed by atoms with Crippen molar-refractivity contribution in [1.29, 1.82) is 0 Å². The van der Waals surface area contributed by atoms with Crippen LogP contribution in [0.25, 0.3) is 0 Å². The molecule has 22 heavy (non-hydrogen) atoms. The maximum absolute atomic E-state index is 14.1. The summed E-state index contributed by atoms with van der Waals surface area (Å²) in [7, 11) is 0. The van der Waals surface area contributed by atoms with E-state index in [0.29, 0.717) is 17.0 Å². The van der Waals surface area contributed by atoms with E-state index < -0.39 is 23.3 Å². The Bertz CT molecular complexity index is 630. The quantitative estimate of drug-likeness (QED) is 0.861. The Hall–Kier alpha value is -1.33. The molecule has 1 aliphatic heterocycles. The summed E-state index contributed by atoms with van der Waals surface area (Å²) in [6.07, 6.45) is -0.882. The first-order valence-electron chi connectivity index (χ1n) is 7.27. The van der Waals surface area contributed by atoms with Crippen molar-refractivity contribution in [3.8, 4) is 0 Å². The number of likely N-dealkylation sites (tertiary alicyclic amines) is 1. The normalized spacial score (nSPS) is 30.2. The van der Waals surface area contributed by atoms with Gasteiger partial charge in [0.1, 0.15) is 17.6 Å². The number of amides is 1. The van der Waals surface area contributed by atoms with Gasteiger partial charge in [0, 0.05) is 22.9 Å². The van der Waals surface area contributed by atoms with Crippen molar-refractivity contribution in [3.05, 3.63) is 34.6 Å². The average Bonchev–Trinajstić information content (AvgIpc) is 3.05. The number of carbonyl (C=O) groups is 1. The third-order valence-corrected chi connectivity index (χ3v) is 4.59. The summed E-state index contributed by atoms with van der Waals surface area (Å²) in [5.41, 5.74) is -0.723. The number of benzene rings is 1. The highest BCUT2D eigenvalue weighted by molar-refractivity contribution is 6.30. The summed E-state index contributed by atoms with van der Waals surface area (Å²) in [5, 5.41) is 10.8. The van der Waals surface area contributed by atoms with E-state index in [1.165, 1.54) is 17.0 Å². The molecule has 1 N–H and O–H groups in total. The van der Waals surface area contributed by atoms with Gasteiger partial charge in [0.25, 0.3) is 0 Å². The number of carbonyl (C=O) groups excluding carboxylic acids is 1. The summed E-state index contributed by atoms with van der Waals surface area (Å²) >= 11 is 5.96. The predicted molar refractivity (Wildman–Crippen MR) is 80.1 cm³/mol. The summed E-state index contributed by atoms with van der Waals surface area (Å²) < 4.78 is 19.4. The van der Waals surface area contributed by atoms with Gasteiger partial charge >= 0.3 is 6.09 Å². The van der Waals surface area contributed by atoms with Gasteiger partial charge in [0.15, 0.2) is 0 Å². The van der Waals surface area contributed by atoms with Crippen molar-refractivity contribution in [3.63, 3.8) is 0 Å². The molecule has 1 saturated heterocycles. The number of nitrogens with zero attached hydrogens (tertiary/aromatic N) is 1. The molecule has 1 aromatic rings. The van der Waals surface area contributed by atoms with E-state index in [2.05, 4.69) is 0 Å². The monoisotopic (exact) mass is 327 g/mol. The Morgan fingerprint density at radius 3 is 2.82 bits per heavy atom. The van der Waals surface area contributed by atoms with Crippen LogP contribution in [-0.2, 0) is 10.2 Å². The summed E-state index contributed by atoms with van der Waals surface area (Å²) in [6, 6.07) is 4.40. The number of piperidine rings is 1. The fraction of sp³-hybridized carbons (Fsp3) is 0.562. The van der Waals surface area contributed by atoms with Crippen LogP contribution in [0.5, 0.6) is 0 Å². The van der Waals surface area contributed by atoms with Crippen molar-refractivity contribution in [2.45, 2.75) is 44.4 Å². The third kappa shape index (κ3) is 2.46. The predicted octanol–water partition coefficient (Wildman–Crippen LogP) is 3.31. The highest BCUT2D eigenvalue weighted by Crippen LogP contribution is 2.62. The molecule has 1 unspecified atom stereocenters. The number of aliphatic hydroxyl groups is 1. The lowest BCUT2D eigenvalue weighted by Gasteiger charge is -2.28. The van der Waals surface area contributed by atoms with E-state index in [1.54, 1.807) is 26.8 Å². The SMILES string of the molecule is CC(C)(C)OC(=O)N1C[C@@]2(c3cc(Cl)ccc3F)C[C@H]2C1O. The Morgan fingerprint density at radius 2 is 2.18 bits per heavy atom. The molecular formula is C16H19ClFNO3. The Labute approximate surface area is 133 Å². The number of hydrogen-bond acceptors (Lipinski definition) is 3. The molecule has 0 radical (unpaired) electrons. The second-order valence-corrected chi connectivity index (χ2v) is 7.55. The molecule has 0 aromatic heterocycles. The zero-order valence-electron chi connectivity index (χ0n) is 12.8. The first-order valence-corrected chi connectivity index (χ1v) is 7.65. The Morgan fingerprint density at radius 1 is 1.50 bits per heavy atom. The maximum atomic E-state index is 14.1. The summed E-state index contributed by atoms with van der Waals surface area (Å²) in [4.78, 5) is 13.5. The third-order valence-electron chi connectivity index (χ3n) is 4.36. The molecule has 1 amide bonds. The van der Waals surface area contributed by atoms with Crippen molar-refractivity contribution >= 4 is 17.7 Å². The van der Waals surface area contributed by atoms with Gasteiger partial charge in [-0.25, -0.2) is 9.18 Å². The molecule has 1 aliphatic carbocycles. The van der Waals surface area contributed by atoms with Gasteiger partial charge in [-0.05, 0) is 51.0 Å². The molecule has 1 heterocycles. The lowest BCUT2D eigenvalue weighted by atomic mass is 9.94. The first-order chi connectivity index (χ1) is 10.1. The summed E-state index contributed by atoms with van der Waals surface area (Å²) in [6.45, 7) is 5.53. The van der Waals surface area contributed by atoms with E-state index in [-0.39, 0.29) is 18.3 Å². The molecule has 2 aliphatic rings. The van der Waals surface area contributed by atoms with Crippen LogP contribution in [0.2, 0.25) is 5.02 Å². The van der Waals surface area contributed by atoms with Gasteiger partial charge in [-0.15, -0.1) is 0 Å². The van der Waals surface area contributed by atoms with E-state index >= 15 is 0 Å². The molecule has 4 nitrogen and oxygen atoms in total. The second-order valence-electron chi connectivity index (χ2n) is 7.11. The molecule has 3 rings (SSSR count). The molecule has 1 saturated carbocycles. The van der Waals surface area contributed by atoms with Crippen LogP contribution in [0.1, 0.15) is 32.8 Å². The van der Waals surface area contributed by atoms with Gasteiger partial charge in [0.2, 0.25) is 0 Å². The number of fused-ring (bicyclic) bond motifs is 1. The number of ether oxygens (including phenoxy) is 1. The Balaban J connectivity index is 1.85. The molecule has 0 spiro atoms. The van der Waals surface area contributed by atoms with Gasteiger partial charge in [0.05, 0.1) is 0 Å². The average molecular weight is 328 g/mol. The van der Waals surface area contributed by atoms with Crippen molar-refractivity contribution in [1.82, 2.24) is 4.90 Å². The van der Waals surface area contributed by atoms with Gasteiger partial charge in [-0.3, -0.25) is 4.90 Å². The van der Waals surface area contributed by atoms with E-state index in [9.17, 15) is 14.3 Å². The largest absolute Gasteiger partial charge is 0.444 e. The van der Waals surface area contributed by atoms with Crippen molar-refractivity contribution in [2.75, 3.05) is 6.54 Å². The number of hydrogen-bond donors (Lipinski definition) is 1. The summed E-state index contributed by atoms with van der Waals surface area (Å²) in [5.74, 6) is -0.530. The lowest BCUT2D eigenvalue weighted by Crippen LogP contribution is -2.42. The van der Waals surface area contributed by atoms with Crippen LogP contribution in [-0.4, -0.2) is 34.5 Å². The fourth-order valence-corrected chi connectivity index (χ4v) is 3.46. The molecule has 120 valence electrons. The fourth-order valence-electron chi connectivity index (χ4n) is 3.29. The van der Waals surface area contributed by atoms with Crippen LogP contribution >= 0.6 is 11.6 Å². The van der Waals surface area contributed by atoms with Crippen LogP contribution in [0, 0.1) is 11.7 Å². The maximum Gasteiger partial charge on any atom is 0.412 e. The minimum atomic E-state index is -0.951. The molecule has 3 atom stereocenters. The van der Waals surface area contributed by atoms with Crippen LogP contribution in [0.4, 0.5) is 9.18 Å². The van der Waals surface area contributed by atoms with Gasteiger partial charge in [-0.2, -0.15) is 0 Å². The lowest BCUT2D eigenvalue weighted by molar-refractivity contribution is -0.0235. The number of rotatable bonds is 1. The minimum absolute atomic E-state index is 0.173. The van der Waals surface area contributed by atoms with E-state index in [0.717, 1.165) is 0 Å². The first kappa shape index (κ1) is 15.6. The number of halogens is 2. The zero-order valence-corrected chi connectivity index (χ0v) is 13.5. The smallest absolute Gasteiger partial charge is 0.412 e. The molecule has 6 heteroatoms. The highest BCUT2D eigenvalue weighted by atomic mass is 35.5. The zero-order chi connectivity index (χ0) is 16.3. The molecule has 2 fully saturated rings. The van der Waals surface area contributed by atoms with Crippen LogP contribution in [0.15, 0.2) is 18.2 Å². The highest BCUT2D eigenvalue weighted by Gasteiger charge is 2.67. The van der Waals surface area contributed by atoms with E-state index in [4.69, 9.17) is 16.3 Å². The second kappa shape index (κ2) is 4.83. The van der Waals surface area contributed by atoms with E-state index in [1.807, 2.05) is 0 Å². The molecular weight excluding hydrogens is 309 g/mol. The molecule has 1 aromatic carbocycles. The van der Waals surface area contributed by atoms with Gasteiger partial charge < -0.3 is 9.84 Å². The molecule has 0 bridgehead atoms. The minimum Gasteiger partial charge on any atom is -0.444 e. The van der Waals surface area contributed by atoms with Gasteiger partial charge in [-0.1, -0.05) is 11.6 Å². The van der Waals surface area contributed by atoms with Crippen LogP contribution < -0.4 is 0 Å². The number of aliphatic hydroxyl groups excluding tert-OH is 1. The topological polar surface area (TPSA) is 49.8 Å². The standard InChI is InChI=1S/C16H19ClFNO3/c1-15(2,3)22-14(21)19-8-16(7-11(16)13(19)20)10-6-9(17)4-5-12(10)18/h4-6,11,13,20H,7-8H2,1-3H3/t11-,13?,16+/m0/s1. The van der Waals surface area contributed by atoms with Crippen molar-refractivity contribution < 1.29 is 19.0 Å². The van der Waals surface area contributed by atoms with Crippen molar-refractivity contribution in [2.24, 2.45) is 5.92 Å².